The number of benzene rings is 1. The van der Waals surface area contributed by atoms with Gasteiger partial charge in [-0.1, -0.05) is 19.1 Å². The molecule has 0 amide bonds. The largest absolute Gasteiger partial charge is 0.493 e. The highest BCUT2D eigenvalue weighted by Crippen LogP contribution is 2.29. The molecule has 0 bridgehead atoms. The van der Waals surface area contributed by atoms with Crippen molar-refractivity contribution in [2.24, 2.45) is 0 Å². The second kappa shape index (κ2) is 5.45. The van der Waals surface area contributed by atoms with Crippen molar-refractivity contribution in [3.05, 3.63) is 29.3 Å². The molecule has 17 heavy (non-hydrogen) atoms. The van der Waals surface area contributed by atoms with E-state index in [1.165, 1.54) is 5.56 Å². The minimum atomic E-state index is -2.30. The Labute approximate surface area is 100.0 Å². The highest BCUT2D eigenvalue weighted by Gasteiger charge is 2.16. The molecule has 1 aliphatic rings. The van der Waals surface area contributed by atoms with E-state index in [4.69, 9.17) is 4.74 Å². The summed E-state index contributed by atoms with van der Waals surface area (Å²) < 4.78 is 29.8. The Balaban J connectivity index is 2.08. The van der Waals surface area contributed by atoms with Gasteiger partial charge in [0.25, 0.3) is 6.43 Å². The fourth-order valence-corrected chi connectivity index (χ4v) is 2.15. The Morgan fingerprint density at radius 3 is 2.94 bits per heavy atom. The lowest BCUT2D eigenvalue weighted by molar-refractivity contribution is 0.141. The van der Waals surface area contributed by atoms with Crippen molar-refractivity contribution in [1.82, 2.24) is 5.32 Å². The second-order valence-corrected chi connectivity index (χ2v) is 4.23. The van der Waals surface area contributed by atoms with E-state index < -0.39 is 6.43 Å². The van der Waals surface area contributed by atoms with Gasteiger partial charge in [-0.05, 0) is 23.6 Å². The lowest BCUT2D eigenvalue weighted by Gasteiger charge is -2.17. The average molecular weight is 241 g/mol. The predicted octanol–water partition coefficient (Wildman–Crippen LogP) is 2.93. The number of hydrogen-bond acceptors (Lipinski definition) is 2. The molecule has 0 spiro atoms. The van der Waals surface area contributed by atoms with Crippen LogP contribution in [0, 0.1) is 0 Å². The van der Waals surface area contributed by atoms with Crippen LogP contribution in [0.15, 0.2) is 18.2 Å². The fourth-order valence-electron chi connectivity index (χ4n) is 2.15. The minimum Gasteiger partial charge on any atom is -0.493 e. The molecule has 0 saturated heterocycles. The Kier molecular flexibility index (Phi) is 3.94. The molecule has 0 aliphatic carbocycles. The van der Waals surface area contributed by atoms with E-state index in [1.54, 1.807) is 0 Å². The van der Waals surface area contributed by atoms with Gasteiger partial charge in [0.15, 0.2) is 0 Å². The van der Waals surface area contributed by atoms with E-state index in [1.807, 2.05) is 19.1 Å². The number of nitrogens with one attached hydrogen (secondary N) is 1. The van der Waals surface area contributed by atoms with Crippen LogP contribution >= 0.6 is 0 Å². The topological polar surface area (TPSA) is 21.3 Å². The van der Waals surface area contributed by atoms with E-state index >= 15 is 0 Å². The normalized spacial score (nSPS) is 15.8. The molecule has 0 aromatic heterocycles. The van der Waals surface area contributed by atoms with Crippen LogP contribution in [0.25, 0.3) is 0 Å². The maximum atomic E-state index is 12.2. The van der Waals surface area contributed by atoms with Gasteiger partial charge in [-0.25, -0.2) is 8.78 Å². The highest BCUT2D eigenvalue weighted by atomic mass is 19.3. The standard InChI is InChI=1S/C13H17F2NO/c1-2-11(16-8-13(14)15)9-3-4-12-10(7-9)5-6-17-12/h3-4,7,11,13,16H,2,5-6,8H2,1H3. The van der Waals surface area contributed by atoms with Gasteiger partial charge in [-0.15, -0.1) is 0 Å². The van der Waals surface area contributed by atoms with Crippen LogP contribution in [0.1, 0.15) is 30.5 Å². The molecule has 2 rings (SSSR count). The molecular formula is C13H17F2NO. The molecule has 1 aromatic rings. The van der Waals surface area contributed by atoms with E-state index in [0.29, 0.717) is 0 Å². The van der Waals surface area contributed by atoms with Crippen LogP contribution in [-0.2, 0) is 6.42 Å². The number of ether oxygens (including phenoxy) is 1. The number of alkyl halides is 2. The molecule has 1 N–H and O–H groups in total. The van der Waals surface area contributed by atoms with Crippen LogP contribution < -0.4 is 10.1 Å². The molecule has 1 unspecified atom stereocenters. The zero-order chi connectivity index (χ0) is 12.3. The molecule has 1 aromatic carbocycles. The summed E-state index contributed by atoms with van der Waals surface area (Å²) in [7, 11) is 0. The molecule has 0 saturated carbocycles. The molecule has 1 atom stereocenters. The Hall–Kier alpha value is -1.16. The number of hydrogen-bond donors (Lipinski definition) is 1. The first-order valence-electron chi connectivity index (χ1n) is 5.98. The molecule has 0 fully saturated rings. The van der Waals surface area contributed by atoms with E-state index in [0.717, 1.165) is 30.8 Å². The third-order valence-corrected chi connectivity index (χ3v) is 3.04. The SMILES string of the molecule is CCC(NCC(F)F)c1ccc2c(c1)CCO2. The van der Waals surface area contributed by atoms with Gasteiger partial charge in [-0.2, -0.15) is 0 Å². The smallest absolute Gasteiger partial charge is 0.250 e. The summed E-state index contributed by atoms with van der Waals surface area (Å²) in [5.41, 5.74) is 2.25. The summed E-state index contributed by atoms with van der Waals surface area (Å²) in [6.45, 7) is 2.46. The molecule has 94 valence electrons. The van der Waals surface area contributed by atoms with Gasteiger partial charge in [0.1, 0.15) is 5.75 Å². The van der Waals surface area contributed by atoms with Crippen LogP contribution in [-0.4, -0.2) is 19.6 Å². The molecule has 4 heteroatoms. The van der Waals surface area contributed by atoms with E-state index in [9.17, 15) is 8.78 Å². The molecule has 1 aliphatic heterocycles. The van der Waals surface area contributed by atoms with Gasteiger partial charge in [-0.3, -0.25) is 0 Å². The third kappa shape index (κ3) is 2.94. The van der Waals surface area contributed by atoms with Crippen LogP contribution in [0.3, 0.4) is 0 Å². The molecule has 0 radical (unpaired) electrons. The Morgan fingerprint density at radius 2 is 2.24 bits per heavy atom. The van der Waals surface area contributed by atoms with Gasteiger partial charge in [0.2, 0.25) is 0 Å². The lowest BCUT2D eigenvalue weighted by atomic mass is 10.0. The summed E-state index contributed by atoms with van der Waals surface area (Å²) in [4.78, 5) is 0. The van der Waals surface area contributed by atoms with Crippen molar-refractivity contribution in [2.75, 3.05) is 13.2 Å². The summed E-state index contributed by atoms with van der Waals surface area (Å²) in [5, 5.41) is 2.89. The molecular weight excluding hydrogens is 224 g/mol. The first kappa shape index (κ1) is 12.3. The third-order valence-electron chi connectivity index (χ3n) is 3.04. The highest BCUT2D eigenvalue weighted by molar-refractivity contribution is 5.40. The van der Waals surface area contributed by atoms with Gasteiger partial charge < -0.3 is 10.1 Å². The van der Waals surface area contributed by atoms with Crippen molar-refractivity contribution in [3.63, 3.8) is 0 Å². The lowest BCUT2D eigenvalue weighted by Crippen LogP contribution is -2.26. The second-order valence-electron chi connectivity index (χ2n) is 4.23. The van der Waals surface area contributed by atoms with Gasteiger partial charge >= 0.3 is 0 Å². The monoisotopic (exact) mass is 241 g/mol. The summed E-state index contributed by atoms with van der Waals surface area (Å²) >= 11 is 0. The summed E-state index contributed by atoms with van der Waals surface area (Å²) in [6, 6.07) is 5.95. The molecule has 1 heterocycles. The van der Waals surface area contributed by atoms with Crippen molar-refractivity contribution >= 4 is 0 Å². The van der Waals surface area contributed by atoms with Crippen molar-refractivity contribution in [1.29, 1.82) is 0 Å². The van der Waals surface area contributed by atoms with Crippen molar-refractivity contribution in [2.45, 2.75) is 32.2 Å². The van der Waals surface area contributed by atoms with E-state index in [2.05, 4.69) is 11.4 Å². The first-order chi connectivity index (χ1) is 8.20. The molecule has 2 nitrogen and oxygen atoms in total. The van der Waals surface area contributed by atoms with Crippen LogP contribution in [0.2, 0.25) is 0 Å². The predicted molar refractivity (Wildman–Crippen MR) is 62.7 cm³/mol. The number of halogens is 2. The Bertz CT molecular complexity index is 382. The first-order valence-corrected chi connectivity index (χ1v) is 5.98. The zero-order valence-corrected chi connectivity index (χ0v) is 9.88. The van der Waals surface area contributed by atoms with Crippen LogP contribution in [0.4, 0.5) is 8.78 Å². The maximum absolute atomic E-state index is 12.2. The van der Waals surface area contributed by atoms with Crippen LogP contribution in [0.5, 0.6) is 5.75 Å². The Morgan fingerprint density at radius 1 is 1.41 bits per heavy atom. The minimum absolute atomic E-state index is 0.00472. The summed E-state index contributed by atoms with van der Waals surface area (Å²) in [5.74, 6) is 0.928. The fraction of sp³-hybridized carbons (Fsp3) is 0.538. The van der Waals surface area contributed by atoms with Crippen molar-refractivity contribution < 1.29 is 13.5 Å². The maximum Gasteiger partial charge on any atom is 0.250 e. The van der Waals surface area contributed by atoms with Gasteiger partial charge in [0, 0.05) is 12.5 Å². The number of fused-ring (bicyclic) bond motifs is 1. The average Bonchev–Trinajstić information content (AvgIpc) is 2.76. The zero-order valence-electron chi connectivity index (χ0n) is 9.88. The van der Waals surface area contributed by atoms with Gasteiger partial charge in [0.05, 0.1) is 13.2 Å². The number of rotatable bonds is 5. The summed E-state index contributed by atoms with van der Waals surface area (Å²) in [6.07, 6.45) is -0.595. The van der Waals surface area contributed by atoms with Crippen molar-refractivity contribution in [3.8, 4) is 5.75 Å². The van der Waals surface area contributed by atoms with E-state index in [-0.39, 0.29) is 12.6 Å². The quantitative estimate of drug-likeness (QED) is 0.855.